The quantitative estimate of drug-likeness (QED) is 0.751. The molecule has 15 heavy (non-hydrogen) atoms. The van der Waals surface area contributed by atoms with Crippen LogP contribution in [-0.4, -0.2) is 24.1 Å². The maximum Gasteiger partial charge on any atom is 0.239 e. The first-order valence-electron chi connectivity index (χ1n) is 4.09. The number of rotatable bonds is 4. The first kappa shape index (κ1) is 11.9. The van der Waals surface area contributed by atoms with Crippen LogP contribution in [0.2, 0.25) is 0 Å². The second kappa shape index (κ2) is 4.54. The number of nitrogens with two attached hydrogens (primary N) is 1. The lowest BCUT2D eigenvalue weighted by molar-refractivity contribution is 0.605. The van der Waals surface area contributed by atoms with E-state index in [-0.39, 0.29) is 10.7 Å². The number of aromatic nitrogens is 1. The van der Waals surface area contributed by atoms with Gasteiger partial charge >= 0.3 is 0 Å². The van der Waals surface area contributed by atoms with Gasteiger partial charge in [0.2, 0.25) is 10.0 Å². The van der Waals surface area contributed by atoms with Crippen LogP contribution < -0.4 is 10.5 Å². The van der Waals surface area contributed by atoms with Gasteiger partial charge in [0.25, 0.3) is 0 Å². The molecule has 5 nitrogen and oxygen atoms in total. The van der Waals surface area contributed by atoms with E-state index in [0.29, 0.717) is 5.69 Å². The number of aryl methyl sites for hydroxylation is 1. The molecule has 0 spiro atoms. The monoisotopic (exact) mass is 245 g/mol. The van der Waals surface area contributed by atoms with Crippen molar-refractivity contribution in [1.29, 1.82) is 0 Å². The van der Waals surface area contributed by atoms with E-state index in [1.165, 1.54) is 6.20 Å². The Hall–Kier alpha value is -1.21. The maximum atomic E-state index is 11.4. The molecule has 0 amide bonds. The van der Waals surface area contributed by atoms with Gasteiger partial charge in [-0.15, -0.1) is 0 Å². The highest BCUT2D eigenvalue weighted by Crippen LogP contribution is 2.09. The molecule has 0 radical (unpaired) electrons. The van der Waals surface area contributed by atoms with Gasteiger partial charge in [0.1, 0.15) is 5.75 Å². The van der Waals surface area contributed by atoms with Crippen molar-refractivity contribution in [2.45, 2.75) is 6.92 Å². The normalized spacial score (nSPS) is 11.0. The number of hydrogen-bond acceptors (Lipinski definition) is 4. The van der Waals surface area contributed by atoms with Gasteiger partial charge in [0, 0.05) is 6.20 Å². The second-order valence-electron chi connectivity index (χ2n) is 3.08. The van der Waals surface area contributed by atoms with Gasteiger partial charge in [-0.25, -0.2) is 8.42 Å². The lowest BCUT2D eigenvalue weighted by Crippen LogP contribution is -2.26. The molecule has 1 heterocycles. The van der Waals surface area contributed by atoms with Crippen LogP contribution in [0.1, 0.15) is 5.56 Å². The number of nitrogens with zero attached hydrogens (tertiary/aromatic N) is 1. The van der Waals surface area contributed by atoms with Crippen LogP contribution in [-0.2, 0) is 10.0 Å². The van der Waals surface area contributed by atoms with Crippen LogP contribution in [0, 0.1) is 6.92 Å². The van der Waals surface area contributed by atoms with Crippen molar-refractivity contribution in [2.24, 2.45) is 5.73 Å². The fourth-order valence-corrected chi connectivity index (χ4v) is 2.40. The Bertz CT molecular complexity index is 471. The highest BCUT2D eigenvalue weighted by molar-refractivity contribution is 7.95. The maximum absolute atomic E-state index is 11.4. The molecule has 0 aliphatic carbocycles. The van der Waals surface area contributed by atoms with E-state index in [0.717, 1.165) is 5.56 Å². The number of hydrogen-bond donors (Lipinski definition) is 2. The highest BCUT2D eigenvalue weighted by atomic mass is 32.2. The molecular weight excluding hydrogens is 234 g/mol. The fraction of sp³-hybridized carbons (Fsp3) is 0.250. The van der Waals surface area contributed by atoms with E-state index in [2.05, 4.69) is 21.9 Å². The summed E-state index contributed by atoms with van der Waals surface area (Å²) < 4.78 is 25.2. The van der Waals surface area contributed by atoms with E-state index in [1.807, 2.05) is 6.92 Å². The summed E-state index contributed by atoms with van der Waals surface area (Å²) in [4.78, 5) is 3.79. The minimum absolute atomic E-state index is 0.0666. The van der Waals surface area contributed by atoms with Gasteiger partial charge < -0.3 is 5.73 Å². The summed E-state index contributed by atoms with van der Waals surface area (Å²) >= 11 is 4.53. The smallest absolute Gasteiger partial charge is 0.239 e. The van der Waals surface area contributed by atoms with Crippen molar-refractivity contribution >= 4 is 32.9 Å². The molecule has 3 N–H and O–H groups in total. The van der Waals surface area contributed by atoms with Gasteiger partial charge in [-0.3, -0.25) is 9.71 Å². The molecule has 0 bridgehead atoms. The molecule has 0 unspecified atom stereocenters. The van der Waals surface area contributed by atoms with Crippen LogP contribution in [0.4, 0.5) is 5.69 Å². The summed E-state index contributed by atoms with van der Waals surface area (Å²) in [6.45, 7) is 1.82. The topological polar surface area (TPSA) is 85.1 Å². The zero-order chi connectivity index (χ0) is 11.5. The number of pyridine rings is 1. The Morgan fingerprint density at radius 2 is 2.27 bits per heavy atom. The summed E-state index contributed by atoms with van der Waals surface area (Å²) in [5.41, 5.74) is 6.43. The molecule has 82 valence electrons. The molecule has 0 fully saturated rings. The predicted octanol–water partition coefficient (Wildman–Crippen LogP) is 0.418. The second-order valence-corrected chi connectivity index (χ2v) is 5.33. The third-order valence-electron chi connectivity index (χ3n) is 1.48. The van der Waals surface area contributed by atoms with Gasteiger partial charge in [-0.05, 0) is 18.6 Å². The van der Waals surface area contributed by atoms with Crippen LogP contribution in [0.15, 0.2) is 18.5 Å². The fourth-order valence-electron chi connectivity index (χ4n) is 1.01. The van der Waals surface area contributed by atoms with Gasteiger partial charge in [0.05, 0.1) is 16.9 Å². The van der Waals surface area contributed by atoms with E-state index >= 15 is 0 Å². The van der Waals surface area contributed by atoms with Crippen LogP contribution in [0.5, 0.6) is 0 Å². The zero-order valence-electron chi connectivity index (χ0n) is 8.10. The largest absolute Gasteiger partial charge is 0.392 e. The molecular formula is C8H11N3O2S2. The van der Waals surface area contributed by atoms with Gasteiger partial charge in [-0.2, -0.15) is 0 Å². The molecule has 1 aromatic rings. The summed E-state index contributed by atoms with van der Waals surface area (Å²) in [5, 5.41) is 0. The Morgan fingerprint density at radius 3 is 2.80 bits per heavy atom. The molecule has 1 rings (SSSR count). The van der Waals surface area contributed by atoms with Gasteiger partial charge in [-0.1, -0.05) is 12.2 Å². The number of anilines is 1. The molecule has 1 aromatic heterocycles. The number of thiocarbonyl (C=S) groups is 1. The van der Waals surface area contributed by atoms with E-state index < -0.39 is 10.0 Å². The Kier molecular flexibility index (Phi) is 3.59. The van der Waals surface area contributed by atoms with Crippen LogP contribution in [0.25, 0.3) is 0 Å². The summed E-state index contributed by atoms with van der Waals surface area (Å²) in [7, 11) is -3.51. The molecule has 0 aliphatic rings. The molecule has 0 atom stereocenters. The number of sulfonamides is 1. The van der Waals surface area contributed by atoms with E-state index in [9.17, 15) is 8.42 Å². The van der Waals surface area contributed by atoms with E-state index in [1.54, 1.807) is 12.3 Å². The SMILES string of the molecule is Cc1cncc(NS(=O)(=O)CC(N)=S)c1. The minimum Gasteiger partial charge on any atom is -0.392 e. The average molecular weight is 245 g/mol. The van der Waals surface area contributed by atoms with Crippen LogP contribution in [0.3, 0.4) is 0 Å². The Labute approximate surface area is 93.8 Å². The Morgan fingerprint density at radius 1 is 1.60 bits per heavy atom. The van der Waals surface area contributed by atoms with Crippen molar-refractivity contribution in [1.82, 2.24) is 4.98 Å². The zero-order valence-corrected chi connectivity index (χ0v) is 9.73. The van der Waals surface area contributed by atoms with Crippen molar-refractivity contribution < 1.29 is 8.42 Å². The highest BCUT2D eigenvalue weighted by Gasteiger charge is 2.11. The molecule has 0 aliphatic heterocycles. The van der Waals surface area contributed by atoms with Crippen molar-refractivity contribution in [3.05, 3.63) is 24.0 Å². The summed E-state index contributed by atoms with van der Waals surface area (Å²) in [5.74, 6) is -0.365. The lowest BCUT2D eigenvalue weighted by Gasteiger charge is -2.06. The lowest BCUT2D eigenvalue weighted by atomic mass is 10.3. The predicted molar refractivity (Wildman–Crippen MR) is 63.2 cm³/mol. The Balaban J connectivity index is 2.82. The number of nitrogens with one attached hydrogen (secondary N) is 1. The molecule has 7 heteroatoms. The standard InChI is InChI=1S/C8H11N3O2S2/c1-6-2-7(4-10-3-6)11-15(12,13)5-8(9)14/h2-4,11H,5H2,1H3,(H2,9,14). The first-order valence-corrected chi connectivity index (χ1v) is 6.15. The van der Waals surface area contributed by atoms with Crippen molar-refractivity contribution in [3.63, 3.8) is 0 Å². The molecule has 0 saturated heterocycles. The third kappa shape index (κ3) is 4.22. The summed E-state index contributed by atoms with van der Waals surface area (Å²) in [6, 6.07) is 1.67. The summed E-state index contributed by atoms with van der Waals surface area (Å²) in [6.07, 6.45) is 3.05. The van der Waals surface area contributed by atoms with Crippen molar-refractivity contribution in [2.75, 3.05) is 10.5 Å². The minimum atomic E-state index is -3.51. The third-order valence-corrected chi connectivity index (χ3v) is 3.05. The van der Waals surface area contributed by atoms with Gasteiger partial charge in [0.15, 0.2) is 0 Å². The first-order chi connectivity index (χ1) is 6.89. The molecule has 0 aromatic carbocycles. The molecule has 0 saturated carbocycles. The van der Waals surface area contributed by atoms with Crippen LogP contribution >= 0.6 is 12.2 Å². The average Bonchev–Trinajstić information content (AvgIpc) is 1.99. The van der Waals surface area contributed by atoms with Crippen molar-refractivity contribution in [3.8, 4) is 0 Å². The van der Waals surface area contributed by atoms with E-state index in [4.69, 9.17) is 5.73 Å².